The van der Waals surface area contributed by atoms with Crippen LogP contribution >= 0.6 is 0 Å². The molecule has 0 radical (unpaired) electrons. The highest BCUT2D eigenvalue weighted by molar-refractivity contribution is 7.92. The molecule has 1 N–H and O–H groups in total. The van der Waals surface area contributed by atoms with E-state index >= 15 is 4.39 Å². The summed E-state index contributed by atoms with van der Waals surface area (Å²) in [5.41, 5.74) is 1.22. The summed E-state index contributed by atoms with van der Waals surface area (Å²) in [4.78, 5) is 16.8. The Labute approximate surface area is 196 Å². The highest BCUT2D eigenvalue weighted by atomic mass is 32.2. The number of allylic oxidation sites excluding steroid dienone is 1. The number of anilines is 1. The first-order chi connectivity index (χ1) is 16.2. The Morgan fingerprint density at radius 2 is 1.94 bits per heavy atom. The summed E-state index contributed by atoms with van der Waals surface area (Å²) in [5.74, 6) is -1.83. The number of ketones is 1. The van der Waals surface area contributed by atoms with Gasteiger partial charge in [-0.3, -0.25) is 14.5 Å². The van der Waals surface area contributed by atoms with Crippen LogP contribution in [0.4, 0.5) is 14.5 Å². The number of Topliss-reactive ketones (excluding diaryl/α,β-unsaturated/α-hetero) is 1. The van der Waals surface area contributed by atoms with Gasteiger partial charge in [-0.2, -0.15) is 5.26 Å². The Bertz CT molecular complexity index is 1370. The van der Waals surface area contributed by atoms with Gasteiger partial charge in [0.25, 0.3) is 0 Å². The maximum Gasteiger partial charge on any atom is 0.233 e. The number of fused-ring (bicyclic) bond motifs is 1. The zero-order chi connectivity index (χ0) is 24.1. The molecule has 0 amide bonds. The van der Waals surface area contributed by atoms with Crippen molar-refractivity contribution in [2.45, 2.75) is 44.9 Å². The molecule has 9 heteroatoms. The van der Waals surface area contributed by atoms with E-state index in [4.69, 9.17) is 5.26 Å². The van der Waals surface area contributed by atoms with E-state index in [1.165, 1.54) is 0 Å². The lowest BCUT2D eigenvalue weighted by atomic mass is 9.97. The van der Waals surface area contributed by atoms with Crippen molar-refractivity contribution in [2.24, 2.45) is 11.3 Å². The van der Waals surface area contributed by atoms with E-state index in [1.807, 2.05) is 12.1 Å². The third kappa shape index (κ3) is 4.60. The maximum absolute atomic E-state index is 15.2. The van der Waals surface area contributed by atoms with Crippen LogP contribution in [0.2, 0.25) is 0 Å². The fraction of sp³-hybridized carbons (Fsp3) is 0.400. The molecule has 6 nitrogen and oxygen atoms in total. The standard InChI is InChI=1S/C25H23F2N3O3S/c26-20-13-23(30-34(32,33)14-25(6-7-25)8-9-28)21(27)12-19(20)18-10-16(11-24(31)15-4-5-15)29-22-3-1-2-17(18)22/h1-2,10,12-13,15,30H,3-8,11,14H2. The van der Waals surface area contributed by atoms with Crippen LogP contribution in [-0.4, -0.2) is 24.9 Å². The molecule has 2 saturated carbocycles. The molecule has 2 fully saturated rings. The lowest BCUT2D eigenvalue weighted by Gasteiger charge is -2.16. The van der Waals surface area contributed by atoms with Crippen molar-refractivity contribution in [2.75, 3.05) is 10.5 Å². The van der Waals surface area contributed by atoms with Crippen molar-refractivity contribution < 1.29 is 22.0 Å². The number of aromatic nitrogens is 1. The molecule has 1 heterocycles. The molecule has 2 aromatic rings. The van der Waals surface area contributed by atoms with Gasteiger partial charge in [0.05, 0.1) is 23.2 Å². The quantitative estimate of drug-likeness (QED) is 0.564. The summed E-state index contributed by atoms with van der Waals surface area (Å²) < 4.78 is 57.4. The number of pyridine rings is 1. The SMILES string of the molecule is N#CCC1(CS(=O)(=O)Nc2cc(F)c(-c3cc(CC(=O)C4CC4)nc4c3C=CC4)cc2F)CC1. The molecule has 1 aromatic heterocycles. The number of nitrogens with zero attached hydrogens (tertiary/aromatic N) is 2. The molecule has 176 valence electrons. The molecule has 0 spiro atoms. The van der Waals surface area contributed by atoms with Gasteiger partial charge in [0.1, 0.15) is 17.4 Å². The second kappa shape index (κ2) is 8.27. The van der Waals surface area contributed by atoms with Crippen molar-refractivity contribution in [3.05, 3.63) is 52.9 Å². The van der Waals surface area contributed by atoms with Gasteiger partial charge >= 0.3 is 0 Å². The van der Waals surface area contributed by atoms with E-state index in [-0.39, 0.29) is 35.9 Å². The summed E-state index contributed by atoms with van der Waals surface area (Å²) >= 11 is 0. The van der Waals surface area contributed by atoms with Gasteiger partial charge < -0.3 is 0 Å². The first kappa shape index (κ1) is 22.7. The Balaban J connectivity index is 1.45. The van der Waals surface area contributed by atoms with Crippen LogP contribution < -0.4 is 4.72 Å². The summed E-state index contributed by atoms with van der Waals surface area (Å²) in [5, 5.41) is 8.91. The second-order valence-corrected chi connectivity index (χ2v) is 11.3. The zero-order valence-electron chi connectivity index (χ0n) is 18.4. The van der Waals surface area contributed by atoms with Crippen LogP contribution in [0.25, 0.3) is 17.2 Å². The van der Waals surface area contributed by atoms with E-state index in [1.54, 1.807) is 12.1 Å². The largest absolute Gasteiger partial charge is 0.299 e. The number of nitrogens with one attached hydrogen (secondary N) is 1. The van der Waals surface area contributed by atoms with E-state index in [9.17, 15) is 17.6 Å². The highest BCUT2D eigenvalue weighted by Gasteiger charge is 2.46. The van der Waals surface area contributed by atoms with E-state index in [0.29, 0.717) is 41.8 Å². The molecular formula is C25H23F2N3O3S. The van der Waals surface area contributed by atoms with Crippen molar-refractivity contribution in [3.63, 3.8) is 0 Å². The lowest BCUT2D eigenvalue weighted by Crippen LogP contribution is -2.24. The van der Waals surface area contributed by atoms with Gasteiger partial charge in [-0.25, -0.2) is 17.2 Å². The summed E-state index contributed by atoms with van der Waals surface area (Å²) in [6.45, 7) is 0. The van der Waals surface area contributed by atoms with E-state index in [0.717, 1.165) is 25.0 Å². The minimum absolute atomic E-state index is 0.0195. The minimum atomic E-state index is -3.97. The molecule has 0 aliphatic heterocycles. The van der Waals surface area contributed by atoms with Gasteiger partial charge in [0.2, 0.25) is 10.0 Å². The molecule has 1 aromatic carbocycles. The number of halogens is 2. The van der Waals surface area contributed by atoms with Crippen LogP contribution in [0.1, 0.15) is 49.1 Å². The van der Waals surface area contributed by atoms with Gasteiger partial charge in [-0.05, 0) is 48.8 Å². The number of sulfonamides is 1. The third-order valence-electron chi connectivity index (χ3n) is 6.69. The Hall–Kier alpha value is -3.12. The predicted molar refractivity (Wildman–Crippen MR) is 123 cm³/mol. The highest BCUT2D eigenvalue weighted by Crippen LogP contribution is 2.49. The Morgan fingerprint density at radius 3 is 2.62 bits per heavy atom. The lowest BCUT2D eigenvalue weighted by molar-refractivity contribution is -0.119. The van der Waals surface area contributed by atoms with Gasteiger partial charge in [0.15, 0.2) is 0 Å². The number of hydrogen-bond acceptors (Lipinski definition) is 5. The molecular weight excluding hydrogens is 460 g/mol. The smallest absolute Gasteiger partial charge is 0.233 e. The monoisotopic (exact) mass is 483 g/mol. The normalized spacial score (nSPS) is 17.8. The summed E-state index contributed by atoms with van der Waals surface area (Å²) in [7, 11) is -3.97. The number of carbonyl (C=O) groups excluding carboxylic acids is 1. The van der Waals surface area contributed by atoms with Gasteiger partial charge in [-0.1, -0.05) is 12.2 Å². The van der Waals surface area contributed by atoms with Crippen LogP contribution in [-0.2, 0) is 27.7 Å². The number of nitriles is 1. The van der Waals surface area contributed by atoms with Gasteiger partial charge in [0, 0.05) is 48.1 Å². The van der Waals surface area contributed by atoms with Gasteiger partial charge in [-0.15, -0.1) is 0 Å². The van der Waals surface area contributed by atoms with Crippen molar-refractivity contribution in [1.82, 2.24) is 4.98 Å². The number of hydrogen-bond donors (Lipinski definition) is 1. The van der Waals surface area contributed by atoms with Crippen LogP contribution in [0, 0.1) is 34.3 Å². The summed E-state index contributed by atoms with van der Waals surface area (Å²) in [6, 6.07) is 5.43. The number of benzene rings is 1. The molecule has 0 saturated heterocycles. The molecule has 34 heavy (non-hydrogen) atoms. The average Bonchev–Trinajstić information content (AvgIpc) is 3.69. The topological polar surface area (TPSA) is 99.9 Å². The van der Waals surface area contributed by atoms with E-state index < -0.39 is 32.8 Å². The second-order valence-electron chi connectivity index (χ2n) is 9.55. The fourth-order valence-corrected chi connectivity index (χ4v) is 6.25. The third-order valence-corrected chi connectivity index (χ3v) is 8.22. The van der Waals surface area contributed by atoms with Crippen molar-refractivity contribution in [1.29, 1.82) is 5.26 Å². The maximum atomic E-state index is 15.2. The minimum Gasteiger partial charge on any atom is -0.299 e. The first-order valence-corrected chi connectivity index (χ1v) is 12.9. The zero-order valence-corrected chi connectivity index (χ0v) is 19.2. The average molecular weight is 484 g/mol. The fourth-order valence-electron chi connectivity index (χ4n) is 4.49. The molecule has 0 bridgehead atoms. The van der Waals surface area contributed by atoms with Crippen LogP contribution in [0.5, 0.6) is 0 Å². The van der Waals surface area contributed by atoms with Crippen LogP contribution in [0.3, 0.4) is 0 Å². The van der Waals surface area contributed by atoms with E-state index in [2.05, 4.69) is 9.71 Å². The van der Waals surface area contributed by atoms with Crippen molar-refractivity contribution in [3.8, 4) is 17.2 Å². The predicted octanol–water partition coefficient (Wildman–Crippen LogP) is 4.55. The Morgan fingerprint density at radius 1 is 1.18 bits per heavy atom. The molecule has 5 rings (SSSR count). The number of carbonyl (C=O) groups is 1. The van der Waals surface area contributed by atoms with Crippen molar-refractivity contribution >= 4 is 27.6 Å². The molecule has 3 aliphatic rings. The van der Waals surface area contributed by atoms with Crippen LogP contribution in [0.15, 0.2) is 24.3 Å². The Kier molecular flexibility index (Phi) is 5.52. The molecule has 3 aliphatic carbocycles. The molecule has 0 atom stereocenters. The first-order valence-electron chi connectivity index (χ1n) is 11.3. The summed E-state index contributed by atoms with van der Waals surface area (Å²) in [6.07, 6.45) is 7.46. The molecule has 0 unspecified atom stereocenters. The number of rotatable bonds is 9.